The average molecular weight is 693 g/mol. The lowest BCUT2D eigenvalue weighted by molar-refractivity contribution is -0.133. The average Bonchev–Trinajstić information content (AvgIpc) is 3.20. The van der Waals surface area contributed by atoms with Gasteiger partial charge in [-0.3, -0.25) is 9.59 Å². The predicted molar refractivity (Wildman–Crippen MR) is 183 cm³/mol. The maximum atomic E-state index is 14.0. The monoisotopic (exact) mass is 692 g/mol. The summed E-state index contributed by atoms with van der Waals surface area (Å²) in [5, 5.41) is 6.90. The van der Waals surface area contributed by atoms with E-state index in [0.717, 1.165) is 60.1 Å². The lowest BCUT2D eigenvalue weighted by atomic mass is 9.95. The van der Waals surface area contributed by atoms with Crippen LogP contribution in [0, 0.1) is 3.57 Å². The number of hydrogen-bond acceptors (Lipinski definition) is 4. The second-order valence-electron chi connectivity index (χ2n) is 12.0. The minimum Gasteiger partial charge on any atom is -0.350 e. The van der Waals surface area contributed by atoms with Gasteiger partial charge in [0.05, 0.1) is 6.04 Å². The van der Waals surface area contributed by atoms with Crippen LogP contribution in [-0.2, 0) is 4.79 Å². The van der Waals surface area contributed by atoms with Crippen LogP contribution in [0.25, 0.3) is 11.1 Å². The SMILES string of the molecule is CC[C@H](CN1CC[C@@H](CNC(=O)c2ccccc2-c2ccc(I)cc2)N[C@@H](CCN2CCCCC2)C1=O)c1ccccc1. The van der Waals surface area contributed by atoms with E-state index in [4.69, 9.17) is 0 Å². The molecule has 2 N–H and O–H groups in total. The highest BCUT2D eigenvalue weighted by Crippen LogP contribution is 2.25. The number of carbonyl (C=O) groups excluding carboxylic acids is 2. The normalized spacial score (nSPS) is 20.4. The first-order valence-electron chi connectivity index (χ1n) is 16.0. The lowest BCUT2D eigenvalue weighted by Crippen LogP contribution is -2.50. The molecule has 0 unspecified atom stereocenters. The molecule has 2 fully saturated rings. The molecule has 2 aliphatic heterocycles. The molecule has 2 heterocycles. The minimum absolute atomic E-state index is 0.0199. The highest BCUT2D eigenvalue weighted by molar-refractivity contribution is 14.1. The van der Waals surface area contributed by atoms with Gasteiger partial charge in [0.2, 0.25) is 5.91 Å². The van der Waals surface area contributed by atoms with Gasteiger partial charge in [-0.25, -0.2) is 0 Å². The summed E-state index contributed by atoms with van der Waals surface area (Å²) in [6.07, 6.45) is 6.36. The third-order valence-electron chi connectivity index (χ3n) is 9.02. The van der Waals surface area contributed by atoms with E-state index < -0.39 is 0 Å². The van der Waals surface area contributed by atoms with E-state index in [1.807, 2.05) is 30.3 Å². The van der Waals surface area contributed by atoms with Crippen molar-refractivity contribution in [1.82, 2.24) is 20.4 Å². The Labute approximate surface area is 270 Å². The molecule has 43 heavy (non-hydrogen) atoms. The second kappa shape index (κ2) is 15.8. The Morgan fingerprint density at radius 1 is 0.953 bits per heavy atom. The van der Waals surface area contributed by atoms with Gasteiger partial charge < -0.3 is 20.4 Å². The molecule has 0 aromatic heterocycles. The maximum Gasteiger partial charge on any atom is 0.251 e. The molecular formula is C36H45IN4O2. The molecule has 2 aliphatic rings. The van der Waals surface area contributed by atoms with Crippen molar-refractivity contribution in [2.75, 3.05) is 39.3 Å². The molecule has 7 heteroatoms. The molecule has 5 rings (SSSR count). The van der Waals surface area contributed by atoms with Gasteiger partial charge in [-0.1, -0.05) is 74.0 Å². The zero-order valence-corrected chi connectivity index (χ0v) is 27.5. The van der Waals surface area contributed by atoms with E-state index >= 15 is 0 Å². The van der Waals surface area contributed by atoms with Crippen LogP contribution in [0.3, 0.4) is 0 Å². The molecule has 0 bridgehead atoms. The minimum atomic E-state index is -0.251. The van der Waals surface area contributed by atoms with Gasteiger partial charge >= 0.3 is 0 Å². The zero-order valence-electron chi connectivity index (χ0n) is 25.3. The van der Waals surface area contributed by atoms with Crippen LogP contribution in [-0.4, -0.2) is 73.0 Å². The smallest absolute Gasteiger partial charge is 0.251 e. The van der Waals surface area contributed by atoms with Crippen molar-refractivity contribution in [3.8, 4) is 11.1 Å². The summed E-state index contributed by atoms with van der Waals surface area (Å²) in [5.74, 6) is 0.426. The van der Waals surface area contributed by atoms with E-state index in [1.54, 1.807) is 0 Å². The van der Waals surface area contributed by atoms with E-state index in [-0.39, 0.29) is 23.9 Å². The van der Waals surface area contributed by atoms with Gasteiger partial charge in [0.25, 0.3) is 5.91 Å². The molecule has 6 nitrogen and oxygen atoms in total. The van der Waals surface area contributed by atoms with Crippen LogP contribution < -0.4 is 10.6 Å². The number of carbonyl (C=O) groups is 2. The molecule has 0 aliphatic carbocycles. The van der Waals surface area contributed by atoms with E-state index in [9.17, 15) is 9.59 Å². The van der Waals surface area contributed by atoms with Crippen LogP contribution in [0.2, 0.25) is 0 Å². The third kappa shape index (κ3) is 8.67. The number of amides is 2. The second-order valence-corrected chi connectivity index (χ2v) is 13.2. The largest absolute Gasteiger partial charge is 0.350 e. The van der Waals surface area contributed by atoms with Crippen LogP contribution >= 0.6 is 22.6 Å². The molecule has 228 valence electrons. The lowest BCUT2D eigenvalue weighted by Gasteiger charge is -2.31. The van der Waals surface area contributed by atoms with Crippen molar-refractivity contribution < 1.29 is 9.59 Å². The van der Waals surface area contributed by atoms with Gasteiger partial charge in [-0.05, 0) is 103 Å². The summed E-state index contributed by atoms with van der Waals surface area (Å²) in [6.45, 7) is 7.27. The molecule has 0 spiro atoms. The van der Waals surface area contributed by atoms with Gasteiger partial charge in [-0.2, -0.15) is 0 Å². The van der Waals surface area contributed by atoms with Crippen molar-refractivity contribution in [1.29, 1.82) is 0 Å². The van der Waals surface area contributed by atoms with Crippen LogP contribution in [0.5, 0.6) is 0 Å². The van der Waals surface area contributed by atoms with Crippen LogP contribution in [0.1, 0.15) is 67.3 Å². The Bertz CT molecular complexity index is 1330. The van der Waals surface area contributed by atoms with E-state index in [0.29, 0.717) is 24.6 Å². The summed E-state index contributed by atoms with van der Waals surface area (Å²) >= 11 is 2.30. The van der Waals surface area contributed by atoms with Crippen molar-refractivity contribution in [2.45, 2.75) is 63.5 Å². The summed E-state index contributed by atoms with van der Waals surface area (Å²) < 4.78 is 1.16. The number of rotatable bonds is 11. The van der Waals surface area contributed by atoms with E-state index in [2.05, 4.69) is 98.5 Å². The predicted octanol–water partition coefficient (Wildman–Crippen LogP) is 6.32. The maximum absolute atomic E-state index is 14.0. The summed E-state index contributed by atoms with van der Waals surface area (Å²) in [6, 6.07) is 26.4. The number of benzene rings is 3. The molecule has 0 saturated carbocycles. The molecule has 3 aromatic carbocycles. The van der Waals surface area contributed by atoms with Gasteiger partial charge in [-0.15, -0.1) is 0 Å². The van der Waals surface area contributed by atoms with Gasteiger partial charge in [0.15, 0.2) is 0 Å². The Balaban J connectivity index is 1.28. The fourth-order valence-electron chi connectivity index (χ4n) is 6.46. The number of likely N-dealkylation sites (tertiary alicyclic amines) is 1. The zero-order chi connectivity index (χ0) is 30.0. The number of nitrogens with one attached hydrogen (secondary N) is 2. The van der Waals surface area contributed by atoms with Gasteiger partial charge in [0.1, 0.15) is 0 Å². The molecule has 3 atom stereocenters. The number of nitrogens with zero attached hydrogens (tertiary/aromatic N) is 2. The first kappa shape index (κ1) is 31.7. The summed E-state index contributed by atoms with van der Waals surface area (Å²) in [5.41, 5.74) is 3.92. The molecule has 3 aromatic rings. The highest BCUT2D eigenvalue weighted by Gasteiger charge is 2.32. The third-order valence-corrected chi connectivity index (χ3v) is 9.74. The quantitative estimate of drug-likeness (QED) is 0.231. The topological polar surface area (TPSA) is 64.7 Å². The Hall–Kier alpha value is -2.75. The Kier molecular flexibility index (Phi) is 11.7. The summed E-state index contributed by atoms with van der Waals surface area (Å²) in [7, 11) is 0. The molecular weight excluding hydrogens is 647 g/mol. The number of piperidine rings is 1. The standard InChI is InChI=1S/C36H45IN4O2/c1-2-27(28-11-5-3-6-12-28)26-41-24-19-31(39-34(36(41)43)20-23-40-21-9-4-10-22-40)25-38-35(42)33-14-8-7-13-32(33)29-15-17-30(37)18-16-29/h3,5-8,11-18,27,31,34,39H,2,4,9-10,19-26H2,1H3,(H,38,42)/t27-,31+,34+/m1/s1. The fourth-order valence-corrected chi connectivity index (χ4v) is 6.82. The van der Waals surface area contributed by atoms with Crippen molar-refractivity contribution >= 4 is 34.4 Å². The van der Waals surface area contributed by atoms with Crippen molar-refractivity contribution in [2.24, 2.45) is 0 Å². The van der Waals surface area contributed by atoms with E-state index in [1.165, 1.54) is 24.8 Å². The first-order valence-corrected chi connectivity index (χ1v) is 17.0. The number of hydrogen-bond donors (Lipinski definition) is 2. The van der Waals surface area contributed by atoms with Gasteiger partial charge in [0, 0.05) is 47.3 Å². The molecule has 2 saturated heterocycles. The van der Waals surface area contributed by atoms with Crippen molar-refractivity contribution in [3.63, 3.8) is 0 Å². The van der Waals surface area contributed by atoms with Crippen LogP contribution in [0.15, 0.2) is 78.9 Å². The Morgan fingerprint density at radius 3 is 2.42 bits per heavy atom. The van der Waals surface area contributed by atoms with Crippen LogP contribution in [0.4, 0.5) is 0 Å². The number of halogens is 1. The molecule has 0 radical (unpaired) electrons. The first-order chi connectivity index (χ1) is 21.0. The van der Waals surface area contributed by atoms with Crippen molar-refractivity contribution in [3.05, 3.63) is 93.6 Å². The Morgan fingerprint density at radius 2 is 1.67 bits per heavy atom. The molecule has 2 amide bonds. The fraction of sp³-hybridized carbons (Fsp3) is 0.444. The summed E-state index contributed by atoms with van der Waals surface area (Å²) in [4.78, 5) is 32.1. The highest BCUT2D eigenvalue weighted by atomic mass is 127.